The highest BCUT2D eigenvalue weighted by Crippen LogP contribution is 2.30. The Bertz CT molecular complexity index is 631. The Labute approximate surface area is 125 Å². The van der Waals surface area contributed by atoms with Crippen molar-refractivity contribution in [2.75, 3.05) is 13.2 Å². The first-order valence-electron chi connectivity index (χ1n) is 6.03. The van der Waals surface area contributed by atoms with Gasteiger partial charge in [0.15, 0.2) is 0 Å². The van der Waals surface area contributed by atoms with Crippen molar-refractivity contribution < 1.29 is 23.4 Å². The van der Waals surface area contributed by atoms with Crippen LogP contribution in [0.4, 0.5) is 0 Å². The van der Waals surface area contributed by atoms with Crippen LogP contribution in [0.2, 0.25) is 0 Å². The van der Waals surface area contributed by atoms with E-state index in [1.165, 1.54) is 22.5 Å². The summed E-state index contributed by atoms with van der Waals surface area (Å²) in [5, 5.41) is 18.1. The number of aliphatic hydroxyl groups excluding tert-OH is 1. The van der Waals surface area contributed by atoms with Gasteiger partial charge in [-0.25, -0.2) is 13.2 Å². The lowest BCUT2D eigenvalue weighted by atomic mass is 10.2. The minimum absolute atomic E-state index is 0.0101. The number of carboxylic acids is 1. The Hall–Kier alpha value is -0.960. The second-order valence-corrected chi connectivity index (χ2v) is 7.26. The highest BCUT2D eigenvalue weighted by Gasteiger charge is 2.35. The van der Waals surface area contributed by atoms with E-state index in [0.29, 0.717) is 19.4 Å². The number of hydrogen-bond acceptors (Lipinski definition) is 4. The van der Waals surface area contributed by atoms with E-state index in [1.54, 1.807) is 0 Å². The molecule has 6 nitrogen and oxygen atoms in total. The lowest BCUT2D eigenvalue weighted by molar-refractivity contribution is 0.0696. The molecule has 0 aromatic heterocycles. The smallest absolute Gasteiger partial charge is 0.335 e. The summed E-state index contributed by atoms with van der Waals surface area (Å²) < 4.78 is 26.6. The van der Waals surface area contributed by atoms with Gasteiger partial charge in [-0.15, -0.1) is 0 Å². The molecule has 0 unspecified atom stereocenters. The van der Waals surface area contributed by atoms with Crippen molar-refractivity contribution in [3.63, 3.8) is 0 Å². The van der Waals surface area contributed by atoms with Gasteiger partial charge in [0.1, 0.15) is 0 Å². The molecule has 1 aliphatic heterocycles. The van der Waals surface area contributed by atoms with Crippen molar-refractivity contribution in [2.24, 2.45) is 0 Å². The molecule has 2 rings (SSSR count). The van der Waals surface area contributed by atoms with E-state index >= 15 is 0 Å². The van der Waals surface area contributed by atoms with Crippen LogP contribution in [-0.4, -0.2) is 48.1 Å². The van der Waals surface area contributed by atoms with Gasteiger partial charge in [-0.2, -0.15) is 4.31 Å². The molecule has 0 bridgehead atoms. The van der Waals surface area contributed by atoms with Gasteiger partial charge in [-0.1, -0.05) is 0 Å². The van der Waals surface area contributed by atoms with Crippen LogP contribution in [0, 0.1) is 0 Å². The van der Waals surface area contributed by atoms with Crippen LogP contribution in [0.1, 0.15) is 23.2 Å². The first-order chi connectivity index (χ1) is 9.37. The third kappa shape index (κ3) is 2.73. The average molecular weight is 364 g/mol. The van der Waals surface area contributed by atoms with Crippen LogP contribution >= 0.6 is 15.9 Å². The minimum Gasteiger partial charge on any atom is -0.478 e. The Balaban J connectivity index is 2.42. The zero-order chi connectivity index (χ0) is 14.9. The van der Waals surface area contributed by atoms with Crippen LogP contribution in [0.3, 0.4) is 0 Å². The number of rotatable bonds is 4. The Kier molecular flexibility index (Phi) is 4.48. The minimum atomic E-state index is -3.74. The van der Waals surface area contributed by atoms with Crippen molar-refractivity contribution in [2.45, 2.75) is 23.8 Å². The predicted molar refractivity (Wildman–Crippen MR) is 75.1 cm³/mol. The van der Waals surface area contributed by atoms with Gasteiger partial charge in [0, 0.05) is 17.1 Å². The summed E-state index contributed by atoms with van der Waals surface area (Å²) >= 11 is 3.11. The number of sulfonamides is 1. The van der Waals surface area contributed by atoms with Crippen LogP contribution in [0.25, 0.3) is 0 Å². The molecular weight excluding hydrogens is 350 g/mol. The maximum absolute atomic E-state index is 12.5. The molecule has 0 saturated carbocycles. The van der Waals surface area contributed by atoms with Gasteiger partial charge >= 0.3 is 5.97 Å². The second-order valence-electron chi connectivity index (χ2n) is 4.54. The van der Waals surface area contributed by atoms with Crippen LogP contribution in [-0.2, 0) is 10.0 Å². The maximum atomic E-state index is 12.5. The van der Waals surface area contributed by atoms with E-state index in [4.69, 9.17) is 5.11 Å². The summed E-state index contributed by atoms with van der Waals surface area (Å²) in [7, 11) is -3.74. The third-order valence-corrected chi connectivity index (χ3v) is 6.23. The van der Waals surface area contributed by atoms with Gasteiger partial charge in [0.25, 0.3) is 0 Å². The summed E-state index contributed by atoms with van der Waals surface area (Å²) in [6, 6.07) is 3.38. The standard InChI is InChI=1S/C12H14BrNO5S/c13-10-6-8(12(16)17)3-4-11(10)20(18,19)14-5-1-2-9(14)7-15/h3-4,6,9,15H,1-2,5,7H2,(H,16,17)/t9-/m1/s1. The summed E-state index contributed by atoms with van der Waals surface area (Å²) in [5.41, 5.74) is 0.0101. The molecule has 8 heteroatoms. The molecule has 0 aliphatic carbocycles. The topological polar surface area (TPSA) is 94.9 Å². The summed E-state index contributed by atoms with van der Waals surface area (Å²) in [4.78, 5) is 10.9. The molecule has 1 aromatic carbocycles. The Morgan fingerprint density at radius 2 is 2.15 bits per heavy atom. The fraction of sp³-hybridized carbons (Fsp3) is 0.417. The lowest BCUT2D eigenvalue weighted by Crippen LogP contribution is -2.37. The van der Waals surface area contributed by atoms with Crippen molar-refractivity contribution in [1.82, 2.24) is 4.31 Å². The number of carbonyl (C=O) groups is 1. The molecule has 0 radical (unpaired) electrons. The molecule has 1 aromatic rings. The summed E-state index contributed by atoms with van der Waals surface area (Å²) in [6.45, 7) is 0.144. The number of nitrogens with zero attached hydrogens (tertiary/aromatic N) is 1. The summed E-state index contributed by atoms with van der Waals surface area (Å²) in [6.07, 6.45) is 1.33. The third-order valence-electron chi connectivity index (χ3n) is 3.30. The van der Waals surface area contributed by atoms with E-state index in [9.17, 15) is 18.3 Å². The van der Waals surface area contributed by atoms with Gasteiger partial charge in [0.2, 0.25) is 10.0 Å². The maximum Gasteiger partial charge on any atom is 0.335 e. The van der Waals surface area contributed by atoms with E-state index in [0.717, 1.165) is 0 Å². The quantitative estimate of drug-likeness (QED) is 0.840. The first-order valence-corrected chi connectivity index (χ1v) is 8.26. The van der Waals surface area contributed by atoms with E-state index in [-0.39, 0.29) is 21.5 Å². The molecule has 1 heterocycles. The number of hydrogen-bond donors (Lipinski definition) is 2. The predicted octanol–water partition coefficient (Wildman–Crippen LogP) is 1.29. The molecule has 1 fully saturated rings. The molecule has 1 aliphatic rings. The fourth-order valence-corrected chi connectivity index (χ4v) is 5.00. The van der Waals surface area contributed by atoms with E-state index < -0.39 is 22.0 Å². The van der Waals surface area contributed by atoms with Gasteiger partial charge in [0.05, 0.1) is 17.1 Å². The van der Waals surface area contributed by atoms with Crippen LogP contribution in [0.15, 0.2) is 27.6 Å². The van der Waals surface area contributed by atoms with Gasteiger partial charge in [-0.3, -0.25) is 0 Å². The molecule has 2 N–H and O–H groups in total. The largest absolute Gasteiger partial charge is 0.478 e. The van der Waals surface area contributed by atoms with Crippen molar-refractivity contribution in [1.29, 1.82) is 0 Å². The molecule has 1 atom stereocenters. The molecule has 0 spiro atoms. The van der Waals surface area contributed by atoms with Crippen molar-refractivity contribution in [3.05, 3.63) is 28.2 Å². The van der Waals surface area contributed by atoms with E-state index in [1.807, 2.05) is 0 Å². The number of aliphatic hydroxyl groups is 1. The number of aromatic carboxylic acids is 1. The molecule has 110 valence electrons. The van der Waals surface area contributed by atoms with Crippen LogP contribution in [0.5, 0.6) is 0 Å². The van der Waals surface area contributed by atoms with Crippen LogP contribution < -0.4 is 0 Å². The normalized spacial score (nSPS) is 20.2. The zero-order valence-electron chi connectivity index (χ0n) is 10.5. The second kappa shape index (κ2) is 5.80. The summed E-state index contributed by atoms with van der Waals surface area (Å²) in [5.74, 6) is -1.12. The molecule has 1 saturated heterocycles. The average Bonchev–Trinajstić information content (AvgIpc) is 2.87. The molecular formula is C12H14BrNO5S. The van der Waals surface area contributed by atoms with E-state index in [2.05, 4.69) is 15.9 Å². The highest BCUT2D eigenvalue weighted by atomic mass is 79.9. The Morgan fingerprint density at radius 3 is 2.70 bits per heavy atom. The van der Waals surface area contributed by atoms with Gasteiger partial charge < -0.3 is 10.2 Å². The monoisotopic (exact) mass is 363 g/mol. The van der Waals surface area contributed by atoms with Crippen molar-refractivity contribution >= 4 is 31.9 Å². The SMILES string of the molecule is O=C(O)c1ccc(S(=O)(=O)N2CCC[C@@H]2CO)c(Br)c1. The fourth-order valence-electron chi connectivity index (χ4n) is 2.28. The number of benzene rings is 1. The molecule has 0 amide bonds. The zero-order valence-corrected chi connectivity index (χ0v) is 12.9. The first kappa shape index (κ1) is 15.4. The number of halogens is 1. The molecule has 20 heavy (non-hydrogen) atoms. The highest BCUT2D eigenvalue weighted by molar-refractivity contribution is 9.10. The van der Waals surface area contributed by atoms with Gasteiger partial charge in [-0.05, 0) is 47.0 Å². The van der Waals surface area contributed by atoms with Crippen molar-refractivity contribution in [3.8, 4) is 0 Å². The lowest BCUT2D eigenvalue weighted by Gasteiger charge is -2.23. The number of carboxylic acid groups (broad SMARTS) is 1. The Morgan fingerprint density at radius 1 is 1.45 bits per heavy atom.